The molecule has 74 valence electrons. The van der Waals surface area contributed by atoms with Crippen LogP contribution in [0.2, 0.25) is 0 Å². The van der Waals surface area contributed by atoms with E-state index in [2.05, 4.69) is 30.9 Å². The second-order valence-corrected chi connectivity index (χ2v) is 3.31. The van der Waals surface area contributed by atoms with Crippen LogP contribution in [0.25, 0.3) is 0 Å². The van der Waals surface area contributed by atoms with Crippen LogP contribution in [0.5, 0.6) is 0 Å². The van der Waals surface area contributed by atoms with E-state index in [4.69, 9.17) is 5.73 Å². The Labute approximate surface area is 85.9 Å². The number of anilines is 1. The molecule has 0 aliphatic carbocycles. The van der Waals surface area contributed by atoms with Crippen molar-refractivity contribution in [2.45, 2.75) is 19.3 Å². The standard InChI is InChI=1S/C13H17N/c1-3-5-6-11(4-2)12-7-9-13(14)10-8-12/h3-5,7-11H,2,6,14H2,1H3/b5-3+. The zero-order valence-corrected chi connectivity index (χ0v) is 8.61. The molecular weight excluding hydrogens is 170 g/mol. The van der Waals surface area contributed by atoms with Crippen LogP contribution in [-0.4, -0.2) is 0 Å². The largest absolute Gasteiger partial charge is 0.399 e. The van der Waals surface area contributed by atoms with E-state index in [-0.39, 0.29) is 0 Å². The maximum atomic E-state index is 5.63. The Hall–Kier alpha value is -1.50. The molecule has 0 saturated heterocycles. The zero-order valence-electron chi connectivity index (χ0n) is 8.61. The van der Waals surface area contributed by atoms with Crippen molar-refractivity contribution in [1.82, 2.24) is 0 Å². The summed E-state index contributed by atoms with van der Waals surface area (Å²) >= 11 is 0. The lowest BCUT2D eigenvalue weighted by Gasteiger charge is -2.10. The van der Waals surface area contributed by atoms with Crippen LogP contribution in [-0.2, 0) is 0 Å². The summed E-state index contributed by atoms with van der Waals surface area (Å²) in [7, 11) is 0. The third-order valence-corrected chi connectivity index (χ3v) is 2.27. The van der Waals surface area contributed by atoms with Gasteiger partial charge in [0.2, 0.25) is 0 Å². The quantitative estimate of drug-likeness (QED) is 0.566. The van der Waals surface area contributed by atoms with E-state index in [1.165, 1.54) is 5.56 Å². The average molecular weight is 187 g/mol. The molecule has 1 atom stereocenters. The molecule has 1 nitrogen and oxygen atoms in total. The van der Waals surface area contributed by atoms with Crippen LogP contribution in [0.4, 0.5) is 5.69 Å². The van der Waals surface area contributed by atoms with Crippen molar-refractivity contribution in [2.75, 3.05) is 5.73 Å². The molecule has 0 radical (unpaired) electrons. The van der Waals surface area contributed by atoms with Gasteiger partial charge in [-0.1, -0.05) is 30.4 Å². The minimum atomic E-state index is 0.395. The van der Waals surface area contributed by atoms with E-state index >= 15 is 0 Å². The van der Waals surface area contributed by atoms with Gasteiger partial charge in [-0.05, 0) is 31.0 Å². The molecule has 2 N–H and O–H groups in total. The molecule has 0 aliphatic rings. The highest BCUT2D eigenvalue weighted by Crippen LogP contribution is 2.22. The third-order valence-electron chi connectivity index (χ3n) is 2.27. The maximum Gasteiger partial charge on any atom is 0.0314 e. The van der Waals surface area contributed by atoms with Crippen LogP contribution >= 0.6 is 0 Å². The van der Waals surface area contributed by atoms with E-state index in [1.54, 1.807) is 0 Å². The van der Waals surface area contributed by atoms with Gasteiger partial charge in [0, 0.05) is 11.6 Å². The van der Waals surface area contributed by atoms with E-state index in [1.807, 2.05) is 25.1 Å². The summed E-state index contributed by atoms with van der Waals surface area (Å²) in [5, 5.41) is 0. The molecule has 0 saturated carbocycles. The topological polar surface area (TPSA) is 26.0 Å². The molecule has 1 heteroatoms. The molecule has 0 bridgehead atoms. The van der Waals surface area contributed by atoms with Crippen molar-refractivity contribution in [3.63, 3.8) is 0 Å². The van der Waals surface area contributed by atoms with Gasteiger partial charge in [-0.3, -0.25) is 0 Å². The SMILES string of the molecule is C=CC(C/C=C/C)c1ccc(N)cc1. The summed E-state index contributed by atoms with van der Waals surface area (Å²) in [6, 6.07) is 7.99. The minimum Gasteiger partial charge on any atom is -0.399 e. The molecule has 0 amide bonds. The molecule has 1 rings (SSSR count). The number of hydrogen-bond donors (Lipinski definition) is 1. The first-order chi connectivity index (χ1) is 6.77. The second kappa shape index (κ2) is 5.28. The van der Waals surface area contributed by atoms with E-state index in [9.17, 15) is 0 Å². The van der Waals surface area contributed by atoms with E-state index < -0.39 is 0 Å². The number of benzene rings is 1. The average Bonchev–Trinajstić information content (AvgIpc) is 2.21. The smallest absolute Gasteiger partial charge is 0.0314 e. The molecule has 0 heterocycles. The van der Waals surface area contributed by atoms with Crippen molar-refractivity contribution in [3.8, 4) is 0 Å². The van der Waals surface area contributed by atoms with Gasteiger partial charge in [0.1, 0.15) is 0 Å². The summed E-state index contributed by atoms with van der Waals surface area (Å²) in [5.41, 5.74) is 7.71. The van der Waals surface area contributed by atoms with Gasteiger partial charge in [-0.2, -0.15) is 0 Å². The molecule has 14 heavy (non-hydrogen) atoms. The van der Waals surface area contributed by atoms with Crippen LogP contribution < -0.4 is 5.73 Å². The van der Waals surface area contributed by atoms with Crippen molar-refractivity contribution >= 4 is 5.69 Å². The van der Waals surface area contributed by atoms with Crippen molar-refractivity contribution in [3.05, 3.63) is 54.6 Å². The number of nitrogens with two attached hydrogens (primary N) is 1. The second-order valence-electron chi connectivity index (χ2n) is 3.31. The molecule has 0 aliphatic heterocycles. The van der Waals surface area contributed by atoms with Gasteiger partial charge in [-0.15, -0.1) is 6.58 Å². The Balaban J connectivity index is 2.78. The monoisotopic (exact) mass is 187 g/mol. The Morgan fingerprint density at radius 3 is 2.50 bits per heavy atom. The number of allylic oxidation sites excluding steroid dienone is 3. The Morgan fingerprint density at radius 1 is 1.36 bits per heavy atom. The van der Waals surface area contributed by atoms with Gasteiger partial charge in [0.05, 0.1) is 0 Å². The number of nitrogen functional groups attached to an aromatic ring is 1. The molecule has 1 aromatic rings. The highest BCUT2D eigenvalue weighted by molar-refractivity contribution is 5.41. The Bertz CT molecular complexity index is 309. The lowest BCUT2D eigenvalue weighted by atomic mass is 9.95. The summed E-state index contributed by atoms with van der Waals surface area (Å²) in [6.45, 7) is 5.88. The Kier molecular flexibility index (Phi) is 3.99. The highest BCUT2D eigenvalue weighted by atomic mass is 14.5. The van der Waals surface area contributed by atoms with Gasteiger partial charge >= 0.3 is 0 Å². The number of hydrogen-bond acceptors (Lipinski definition) is 1. The lowest BCUT2D eigenvalue weighted by molar-refractivity contribution is 0.865. The molecular formula is C13H17N. The lowest BCUT2D eigenvalue weighted by Crippen LogP contribution is -1.94. The molecule has 0 spiro atoms. The molecule has 1 aromatic carbocycles. The first-order valence-corrected chi connectivity index (χ1v) is 4.87. The third kappa shape index (κ3) is 2.77. The molecule has 0 fully saturated rings. The first-order valence-electron chi connectivity index (χ1n) is 4.87. The van der Waals surface area contributed by atoms with Crippen LogP contribution in [0.15, 0.2) is 49.1 Å². The number of rotatable bonds is 4. The van der Waals surface area contributed by atoms with Gasteiger partial charge in [0.15, 0.2) is 0 Å². The van der Waals surface area contributed by atoms with Crippen LogP contribution in [0, 0.1) is 0 Å². The predicted octanol–water partition coefficient (Wildman–Crippen LogP) is 3.50. The van der Waals surface area contributed by atoms with Gasteiger partial charge in [0.25, 0.3) is 0 Å². The molecule has 1 unspecified atom stereocenters. The predicted molar refractivity (Wildman–Crippen MR) is 63.2 cm³/mol. The summed E-state index contributed by atoms with van der Waals surface area (Å²) < 4.78 is 0. The van der Waals surface area contributed by atoms with Crippen molar-refractivity contribution < 1.29 is 0 Å². The highest BCUT2D eigenvalue weighted by Gasteiger charge is 2.04. The van der Waals surface area contributed by atoms with Crippen molar-refractivity contribution in [2.24, 2.45) is 0 Å². The fraction of sp³-hybridized carbons (Fsp3) is 0.231. The molecule has 0 aromatic heterocycles. The fourth-order valence-corrected chi connectivity index (χ4v) is 1.39. The van der Waals surface area contributed by atoms with E-state index in [0.717, 1.165) is 12.1 Å². The first kappa shape index (κ1) is 10.6. The Morgan fingerprint density at radius 2 is 2.00 bits per heavy atom. The van der Waals surface area contributed by atoms with Gasteiger partial charge < -0.3 is 5.73 Å². The van der Waals surface area contributed by atoms with E-state index in [0.29, 0.717) is 5.92 Å². The van der Waals surface area contributed by atoms with Crippen LogP contribution in [0.1, 0.15) is 24.8 Å². The zero-order chi connectivity index (χ0) is 10.4. The van der Waals surface area contributed by atoms with Crippen molar-refractivity contribution in [1.29, 1.82) is 0 Å². The summed E-state index contributed by atoms with van der Waals surface area (Å²) in [5.74, 6) is 0.395. The normalized spacial score (nSPS) is 12.9. The van der Waals surface area contributed by atoms with Gasteiger partial charge in [-0.25, -0.2) is 0 Å². The minimum absolute atomic E-state index is 0.395. The summed E-state index contributed by atoms with van der Waals surface area (Å²) in [4.78, 5) is 0. The maximum absolute atomic E-state index is 5.63. The van der Waals surface area contributed by atoms with Crippen LogP contribution in [0.3, 0.4) is 0 Å². The fourth-order valence-electron chi connectivity index (χ4n) is 1.39. The summed E-state index contributed by atoms with van der Waals surface area (Å²) in [6.07, 6.45) is 7.20.